The fourth-order valence-electron chi connectivity index (χ4n) is 6.29. The van der Waals surface area contributed by atoms with E-state index in [1.54, 1.807) is 19.1 Å². The molecule has 1 N–H and O–H groups in total. The fourth-order valence-corrected chi connectivity index (χ4v) is 6.29. The quantitative estimate of drug-likeness (QED) is 0.228. The van der Waals surface area contributed by atoms with Crippen LogP contribution >= 0.6 is 0 Å². The molecule has 3 aromatic carbocycles. The number of amides is 1. The first-order valence-corrected chi connectivity index (χ1v) is 14.3. The molecular weight excluding hydrogens is 532 g/mol. The van der Waals surface area contributed by atoms with Gasteiger partial charge in [0, 0.05) is 18.8 Å². The Labute approximate surface area is 244 Å². The standard InChI is InChI=1S/C35H33F2N3O2/c1-24-20-21-30(32(38-24)42-34(36)37)39-33(41)35(29-19-11-10-18-28(29)25-12-8-9-13-25)22-40(23-35)31(26-14-4-2-5-15-26)27-16-6-3-7-17-27/h2-7,10-12,14-21,31,34H,8-9,13,22-23H2,1H3,(H,39,41). The van der Waals surface area contributed by atoms with Gasteiger partial charge in [0.2, 0.25) is 11.8 Å². The number of aryl methyl sites for hydroxylation is 1. The van der Waals surface area contributed by atoms with Crippen LogP contribution in [0.1, 0.15) is 53.3 Å². The number of nitrogens with one attached hydrogen (secondary N) is 1. The highest BCUT2D eigenvalue weighted by Gasteiger charge is 2.54. The molecule has 42 heavy (non-hydrogen) atoms. The first-order chi connectivity index (χ1) is 20.4. The van der Waals surface area contributed by atoms with E-state index in [2.05, 4.69) is 51.6 Å². The molecule has 1 amide bonds. The third kappa shape index (κ3) is 5.44. The predicted molar refractivity (Wildman–Crippen MR) is 160 cm³/mol. The SMILES string of the molecule is Cc1ccc(NC(=O)C2(c3ccccc3C3=CCCC3)CN(C(c3ccccc3)c3ccccc3)C2)c(OC(F)F)n1. The summed E-state index contributed by atoms with van der Waals surface area (Å²) in [6.45, 7) is -0.478. The van der Waals surface area contributed by atoms with Crippen LogP contribution in [-0.4, -0.2) is 35.5 Å². The molecule has 0 saturated carbocycles. The lowest BCUT2D eigenvalue weighted by Crippen LogP contribution is -2.65. The number of nitrogens with zero attached hydrogens (tertiary/aromatic N) is 2. The molecular formula is C35H33F2N3O2. The molecule has 0 spiro atoms. The van der Waals surface area contributed by atoms with E-state index in [4.69, 9.17) is 4.74 Å². The summed E-state index contributed by atoms with van der Waals surface area (Å²) in [7, 11) is 0. The van der Waals surface area contributed by atoms with Crippen molar-refractivity contribution in [2.75, 3.05) is 18.4 Å². The molecule has 0 atom stereocenters. The van der Waals surface area contributed by atoms with Gasteiger partial charge in [0.25, 0.3) is 0 Å². The number of benzene rings is 3. The van der Waals surface area contributed by atoms with Crippen molar-refractivity contribution in [3.63, 3.8) is 0 Å². The highest BCUT2D eigenvalue weighted by Crippen LogP contribution is 2.46. The zero-order chi connectivity index (χ0) is 29.1. The van der Waals surface area contributed by atoms with Gasteiger partial charge in [-0.15, -0.1) is 0 Å². The Morgan fingerprint density at radius 1 is 0.905 bits per heavy atom. The lowest BCUT2D eigenvalue weighted by atomic mass is 9.68. The highest BCUT2D eigenvalue weighted by molar-refractivity contribution is 6.02. The van der Waals surface area contributed by atoms with Crippen LogP contribution in [0.4, 0.5) is 14.5 Å². The molecule has 7 heteroatoms. The molecule has 1 saturated heterocycles. The molecule has 5 nitrogen and oxygen atoms in total. The molecule has 214 valence electrons. The summed E-state index contributed by atoms with van der Waals surface area (Å²) >= 11 is 0. The van der Waals surface area contributed by atoms with Crippen LogP contribution in [0.3, 0.4) is 0 Å². The van der Waals surface area contributed by atoms with Crippen LogP contribution in [0.5, 0.6) is 5.88 Å². The van der Waals surface area contributed by atoms with Gasteiger partial charge in [-0.25, -0.2) is 4.98 Å². The van der Waals surface area contributed by atoms with E-state index in [9.17, 15) is 13.6 Å². The van der Waals surface area contributed by atoms with E-state index < -0.39 is 12.0 Å². The molecule has 6 rings (SSSR count). The Morgan fingerprint density at radius 2 is 1.55 bits per heavy atom. The maximum absolute atomic E-state index is 14.4. The van der Waals surface area contributed by atoms with Crippen molar-refractivity contribution < 1.29 is 18.3 Å². The summed E-state index contributed by atoms with van der Waals surface area (Å²) in [4.78, 5) is 20.9. The number of anilines is 1. The van der Waals surface area contributed by atoms with Gasteiger partial charge >= 0.3 is 6.61 Å². The fraction of sp³-hybridized carbons (Fsp3) is 0.257. The zero-order valence-corrected chi connectivity index (χ0v) is 23.5. The van der Waals surface area contributed by atoms with Crippen molar-refractivity contribution in [2.45, 2.75) is 44.3 Å². The van der Waals surface area contributed by atoms with Crippen LogP contribution in [0.25, 0.3) is 5.57 Å². The largest absolute Gasteiger partial charge is 0.415 e. The van der Waals surface area contributed by atoms with Gasteiger partial charge in [0.1, 0.15) is 11.1 Å². The van der Waals surface area contributed by atoms with Crippen LogP contribution in [0.15, 0.2) is 103 Å². The molecule has 2 heterocycles. The normalized spacial score (nSPS) is 16.3. The van der Waals surface area contributed by atoms with Crippen molar-refractivity contribution in [1.29, 1.82) is 0 Å². The number of carbonyl (C=O) groups is 1. The van der Waals surface area contributed by atoms with E-state index in [0.717, 1.165) is 41.5 Å². The molecule has 0 unspecified atom stereocenters. The predicted octanol–water partition coefficient (Wildman–Crippen LogP) is 7.54. The molecule has 1 aromatic heterocycles. The number of carbonyl (C=O) groups excluding carboxylic acids is 1. The van der Waals surface area contributed by atoms with Crippen molar-refractivity contribution in [1.82, 2.24) is 9.88 Å². The Hall–Kier alpha value is -4.36. The van der Waals surface area contributed by atoms with Crippen LogP contribution in [0.2, 0.25) is 0 Å². The lowest BCUT2D eigenvalue weighted by Gasteiger charge is -2.53. The molecule has 0 bridgehead atoms. The third-order valence-corrected chi connectivity index (χ3v) is 8.25. The Balaban J connectivity index is 1.41. The second-order valence-electron chi connectivity index (χ2n) is 11.0. The van der Waals surface area contributed by atoms with Crippen molar-refractivity contribution in [3.05, 3.63) is 131 Å². The Kier molecular flexibility index (Phi) is 7.85. The van der Waals surface area contributed by atoms with Crippen molar-refractivity contribution in [2.24, 2.45) is 0 Å². The zero-order valence-electron chi connectivity index (χ0n) is 23.5. The summed E-state index contributed by atoms with van der Waals surface area (Å²) in [5.41, 5.74) is 5.27. The first kappa shape index (κ1) is 27.8. The van der Waals surface area contributed by atoms with E-state index >= 15 is 0 Å². The summed E-state index contributed by atoms with van der Waals surface area (Å²) in [6, 6.07) is 31.9. The van der Waals surface area contributed by atoms with E-state index in [1.165, 1.54) is 5.57 Å². The minimum atomic E-state index is -3.06. The van der Waals surface area contributed by atoms with Crippen LogP contribution in [-0.2, 0) is 10.2 Å². The molecule has 0 radical (unpaired) electrons. The highest BCUT2D eigenvalue weighted by atomic mass is 19.3. The number of alkyl halides is 2. The number of allylic oxidation sites excluding steroid dienone is 2. The van der Waals surface area contributed by atoms with Gasteiger partial charge in [0.05, 0.1) is 6.04 Å². The van der Waals surface area contributed by atoms with Gasteiger partial charge in [-0.2, -0.15) is 8.78 Å². The number of likely N-dealkylation sites (tertiary alicyclic amines) is 1. The van der Waals surface area contributed by atoms with E-state index in [0.29, 0.717) is 18.8 Å². The summed E-state index contributed by atoms with van der Waals surface area (Å²) in [5, 5.41) is 2.94. The Morgan fingerprint density at radius 3 is 2.17 bits per heavy atom. The Bertz CT molecular complexity index is 1550. The minimum absolute atomic E-state index is 0.0510. The van der Waals surface area contributed by atoms with Crippen LogP contribution < -0.4 is 10.1 Å². The van der Waals surface area contributed by atoms with E-state index in [-0.39, 0.29) is 23.5 Å². The molecule has 1 aliphatic heterocycles. The molecule has 2 aliphatic rings. The molecule has 4 aromatic rings. The van der Waals surface area contributed by atoms with Crippen molar-refractivity contribution in [3.8, 4) is 5.88 Å². The van der Waals surface area contributed by atoms with Gasteiger partial charge in [-0.05, 0) is 66.1 Å². The lowest BCUT2D eigenvalue weighted by molar-refractivity contribution is -0.129. The average Bonchev–Trinajstić information content (AvgIpc) is 3.52. The maximum atomic E-state index is 14.4. The second kappa shape index (κ2) is 11.9. The topological polar surface area (TPSA) is 54.5 Å². The number of hydrogen-bond donors (Lipinski definition) is 1. The third-order valence-electron chi connectivity index (χ3n) is 8.25. The minimum Gasteiger partial charge on any atom is -0.415 e. The van der Waals surface area contributed by atoms with Gasteiger partial charge in [-0.1, -0.05) is 91.0 Å². The summed E-state index contributed by atoms with van der Waals surface area (Å²) < 4.78 is 31.2. The average molecular weight is 566 g/mol. The van der Waals surface area contributed by atoms with Crippen LogP contribution in [0, 0.1) is 6.92 Å². The number of halogens is 2. The number of ether oxygens (including phenoxy) is 1. The van der Waals surface area contributed by atoms with Gasteiger partial charge in [0.15, 0.2) is 0 Å². The summed E-state index contributed by atoms with van der Waals surface area (Å²) in [6.07, 6.45) is 5.32. The van der Waals surface area contributed by atoms with Gasteiger partial charge in [-0.3, -0.25) is 9.69 Å². The smallest absolute Gasteiger partial charge is 0.388 e. The number of pyridine rings is 1. The first-order valence-electron chi connectivity index (χ1n) is 14.3. The van der Waals surface area contributed by atoms with Gasteiger partial charge < -0.3 is 10.1 Å². The number of aromatic nitrogens is 1. The second-order valence-corrected chi connectivity index (χ2v) is 11.0. The van der Waals surface area contributed by atoms with E-state index in [1.807, 2.05) is 54.6 Å². The monoisotopic (exact) mass is 565 g/mol. The summed E-state index contributed by atoms with van der Waals surface area (Å²) in [5.74, 6) is -0.558. The number of hydrogen-bond acceptors (Lipinski definition) is 4. The maximum Gasteiger partial charge on any atom is 0.388 e. The van der Waals surface area contributed by atoms with Crippen molar-refractivity contribution >= 4 is 17.2 Å². The molecule has 1 aliphatic carbocycles. The molecule has 1 fully saturated rings. The number of rotatable bonds is 9.